The lowest BCUT2D eigenvalue weighted by Crippen LogP contribution is -2.39. The summed E-state index contributed by atoms with van der Waals surface area (Å²) in [7, 11) is 0. The van der Waals surface area contributed by atoms with E-state index in [1.807, 2.05) is 13.0 Å². The minimum Gasteiger partial charge on any atom is -0.490 e. The monoisotopic (exact) mass is 549 g/mol. The van der Waals surface area contributed by atoms with Crippen LogP contribution in [0.3, 0.4) is 0 Å². The van der Waals surface area contributed by atoms with Crippen molar-refractivity contribution in [2.24, 2.45) is 0 Å². The molecular formula is C31H32ClNO6. The lowest BCUT2D eigenvalue weighted by atomic mass is 9.71. The Morgan fingerprint density at radius 2 is 1.56 bits per heavy atom. The Labute approximate surface area is 233 Å². The Bertz CT molecular complexity index is 1350. The van der Waals surface area contributed by atoms with E-state index in [-0.39, 0.29) is 23.7 Å². The minimum absolute atomic E-state index is 0.0869. The number of Topliss-reactive ketones (excluding diaryl/α,β-unsaturated/α-hetero) is 2. The van der Waals surface area contributed by atoms with Gasteiger partial charge in [-0.1, -0.05) is 23.7 Å². The van der Waals surface area contributed by atoms with Crippen LogP contribution in [0.25, 0.3) is 0 Å². The molecule has 8 heteroatoms. The Morgan fingerprint density at radius 1 is 0.949 bits per heavy atom. The largest absolute Gasteiger partial charge is 0.490 e. The van der Waals surface area contributed by atoms with Crippen LogP contribution in [0.5, 0.6) is 11.5 Å². The second-order valence-corrected chi connectivity index (χ2v) is 10.4. The number of hydrogen-bond donors (Lipinski definition) is 1. The molecule has 1 aliphatic heterocycles. The van der Waals surface area contributed by atoms with Crippen LogP contribution >= 0.6 is 11.6 Å². The number of benzene rings is 2. The number of nitrogens with zero attached hydrogens (tertiary/aromatic N) is 1. The molecular weight excluding hydrogens is 518 g/mol. The van der Waals surface area contributed by atoms with Crippen LogP contribution < -0.4 is 9.47 Å². The van der Waals surface area contributed by atoms with Crippen molar-refractivity contribution in [2.45, 2.75) is 64.9 Å². The number of halogens is 1. The van der Waals surface area contributed by atoms with Gasteiger partial charge in [-0.2, -0.15) is 0 Å². The molecule has 0 saturated heterocycles. The summed E-state index contributed by atoms with van der Waals surface area (Å²) in [6, 6.07) is 10.1. The molecule has 3 aliphatic rings. The number of carbonyl (C=O) groups is 3. The van der Waals surface area contributed by atoms with Crippen LogP contribution in [0.1, 0.15) is 79.8 Å². The molecule has 204 valence electrons. The molecule has 0 saturated carbocycles. The van der Waals surface area contributed by atoms with Gasteiger partial charge in [-0.3, -0.25) is 9.59 Å². The Kier molecular flexibility index (Phi) is 7.80. The van der Waals surface area contributed by atoms with E-state index in [0.717, 1.165) is 54.7 Å². The van der Waals surface area contributed by atoms with E-state index in [1.54, 1.807) is 18.2 Å². The molecule has 0 unspecified atom stereocenters. The number of carboxylic acid groups (broad SMARTS) is 1. The molecule has 1 heterocycles. The molecule has 1 N–H and O–H groups in total. The van der Waals surface area contributed by atoms with Crippen molar-refractivity contribution in [3.63, 3.8) is 0 Å². The van der Waals surface area contributed by atoms with Crippen molar-refractivity contribution in [1.29, 1.82) is 0 Å². The zero-order chi connectivity index (χ0) is 27.7. The van der Waals surface area contributed by atoms with E-state index < -0.39 is 11.9 Å². The predicted octanol–water partition coefficient (Wildman–Crippen LogP) is 6.45. The molecule has 2 aliphatic carbocycles. The number of carboxylic acids is 1. The van der Waals surface area contributed by atoms with Gasteiger partial charge in [-0.15, -0.1) is 0 Å². The third-order valence-corrected chi connectivity index (χ3v) is 7.93. The van der Waals surface area contributed by atoms with Crippen LogP contribution in [0.4, 0.5) is 0 Å². The van der Waals surface area contributed by atoms with Crippen molar-refractivity contribution in [3.05, 3.63) is 80.7 Å². The fraction of sp³-hybridized carbons (Fsp3) is 0.387. The van der Waals surface area contributed by atoms with Gasteiger partial charge < -0.3 is 19.5 Å². The van der Waals surface area contributed by atoms with E-state index in [9.17, 15) is 14.4 Å². The summed E-state index contributed by atoms with van der Waals surface area (Å²) < 4.78 is 12.0. The summed E-state index contributed by atoms with van der Waals surface area (Å²) in [4.78, 5) is 40.1. The van der Waals surface area contributed by atoms with Gasteiger partial charge >= 0.3 is 5.97 Å². The van der Waals surface area contributed by atoms with Crippen LogP contribution in [0.15, 0.2) is 58.9 Å². The van der Waals surface area contributed by atoms with Crippen molar-refractivity contribution in [3.8, 4) is 11.5 Å². The summed E-state index contributed by atoms with van der Waals surface area (Å²) in [5, 5.41) is 9.46. The summed E-state index contributed by atoms with van der Waals surface area (Å²) in [5.41, 5.74) is 5.22. The van der Waals surface area contributed by atoms with Crippen LogP contribution in [-0.4, -0.2) is 40.7 Å². The highest BCUT2D eigenvalue weighted by molar-refractivity contribution is 6.32. The predicted molar refractivity (Wildman–Crippen MR) is 147 cm³/mol. The molecule has 0 bridgehead atoms. The molecule has 0 atom stereocenters. The standard InChI is InChI=1S/C31H32ClNO6/c1-3-33-22-7-5-9-24(34)28(22)27(29-23(33)8-6-10-25(29)35)20-15-21(32)30(26(16-20)38-4-2)39-17-18-11-13-19(14-12-18)31(36)37/h11-16,27H,3-10,17H2,1-2H3,(H,36,37). The maximum Gasteiger partial charge on any atom is 0.335 e. The maximum absolute atomic E-state index is 13.4. The molecule has 2 aromatic rings. The number of carbonyl (C=O) groups excluding carboxylic acids is 2. The molecule has 0 amide bonds. The lowest BCUT2D eigenvalue weighted by molar-refractivity contribution is -0.117. The van der Waals surface area contributed by atoms with Gasteiger partial charge in [-0.05, 0) is 74.9 Å². The summed E-state index contributed by atoms with van der Waals surface area (Å²) in [6.07, 6.45) is 4.18. The van der Waals surface area contributed by atoms with E-state index in [2.05, 4.69) is 11.8 Å². The smallest absolute Gasteiger partial charge is 0.335 e. The van der Waals surface area contributed by atoms with Crippen molar-refractivity contribution in [1.82, 2.24) is 4.90 Å². The molecule has 0 fully saturated rings. The lowest BCUT2D eigenvalue weighted by Gasteiger charge is -2.43. The summed E-state index contributed by atoms with van der Waals surface area (Å²) >= 11 is 6.81. The Balaban J connectivity index is 1.56. The molecule has 7 nitrogen and oxygen atoms in total. The topological polar surface area (TPSA) is 93.1 Å². The zero-order valence-electron chi connectivity index (χ0n) is 22.2. The fourth-order valence-electron chi connectivity index (χ4n) is 5.99. The van der Waals surface area contributed by atoms with Gasteiger partial charge in [0.2, 0.25) is 0 Å². The van der Waals surface area contributed by atoms with E-state index in [0.29, 0.717) is 47.1 Å². The SMILES string of the molecule is CCOc1cc(C2C3=C(CCCC3=O)N(CC)C3=C2C(=O)CCC3)cc(Cl)c1OCc1ccc(C(=O)O)cc1. The summed E-state index contributed by atoms with van der Waals surface area (Å²) in [6.45, 7) is 5.19. The highest BCUT2D eigenvalue weighted by Crippen LogP contribution is 2.51. The normalized spacial score (nSPS) is 17.8. The third kappa shape index (κ3) is 5.08. The highest BCUT2D eigenvalue weighted by atomic mass is 35.5. The number of allylic oxidation sites excluding steroid dienone is 4. The Hall–Kier alpha value is -3.58. The maximum atomic E-state index is 13.4. The van der Waals surface area contributed by atoms with Gasteiger partial charge in [0.1, 0.15) is 6.61 Å². The van der Waals surface area contributed by atoms with E-state index >= 15 is 0 Å². The van der Waals surface area contributed by atoms with E-state index in [4.69, 9.17) is 26.2 Å². The van der Waals surface area contributed by atoms with Crippen LogP contribution in [0, 0.1) is 0 Å². The highest BCUT2D eigenvalue weighted by Gasteiger charge is 2.43. The number of aromatic carboxylic acids is 1. The molecule has 0 spiro atoms. The first-order chi connectivity index (χ1) is 18.8. The second kappa shape index (κ2) is 11.3. The van der Waals surface area contributed by atoms with Crippen LogP contribution in [-0.2, 0) is 16.2 Å². The van der Waals surface area contributed by atoms with Crippen molar-refractivity contribution >= 4 is 29.1 Å². The minimum atomic E-state index is -0.992. The molecule has 2 aromatic carbocycles. The number of hydrogen-bond acceptors (Lipinski definition) is 6. The molecule has 5 rings (SSSR count). The van der Waals surface area contributed by atoms with Crippen LogP contribution in [0.2, 0.25) is 5.02 Å². The number of ether oxygens (including phenoxy) is 2. The fourth-order valence-corrected chi connectivity index (χ4v) is 6.26. The van der Waals surface area contributed by atoms with Gasteiger partial charge in [0.25, 0.3) is 0 Å². The van der Waals surface area contributed by atoms with Gasteiger partial charge in [-0.25, -0.2) is 4.79 Å². The average molecular weight is 550 g/mol. The zero-order valence-corrected chi connectivity index (χ0v) is 23.0. The molecule has 0 radical (unpaired) electrons. The quantitative estimate of drug-likeness (QED) is 0.404. The second-order valence-electron chi connectivity index (χ2n) is 10.0. The Morgan fingerprint density at radius 3 is 2.10 bits per heavy atom. The first-order valence-electron chi connectivity index (χ1n) is 13.5. The van der Waals surface area contributed by atoms with E-state index in [1.165, 1.54) is 12.1 Å². The number of ketones is 2. The summed E-state index contributed by atoms with van der Waals surface area (Å²) in [5.74, 6) is -0.492. The van der Waals surface area contributed by atoms with Gasteiger partial charge in [0.15, 0.2) is 23.1 Å². The first kappa shape index (κ1) is 27.0. The van der Waals surface area contributed by atoms with Gasteiger partial charge in [0.05, 0.1) is 17.2 Å². The average Bonchev–Trinajstić information content (AvgIpc) is 2.92. The first-order valence-corrected chi connectivity index (χ1v) is 13.9. The van der Waals surface area contributed by atoms with Gasteiger partial charge in [0, 0.05) is 47.8 Å². The van der Waals surface area contributed by atoms with Crippen molar-refractivity contribution in [2.75, 3.05) is 13.2 Å². The molecule has 39 heavy (non-hydrogen) atoms. The number of rotatable bonds is 8. The van der Waals surface area contributed by atoms with Crippen molar-refractivity contribution < 1.29 is 29.0 Å². The third-order valence-electron chi connectivity index (χ3n) is 7.65. The molecule has 0 aromatic heterocycles.